The second-order valence-corrected chi connectivity index (χ2v) is 7.37. The second kappa shape index (κ2) is 9.58. The van der Waals surface area contributed by atoms with Gasteiger partial charge in [0.05, 0.1) is 0 Å². The zero-order chi connectivity index (χ0) is 29.7. The minimum atomic E-state index is -8.01. The SMILES string of the molecule is O=C(Nc1ccc(Br)cc1)[C@@](F)(O[C@](F)(C(F)(F)F)C(F)(F)OC(F)(F)C(F)(F)C(F)(F)F)C(F)(F)F. The monoisotopic (exact) mass is 649 g/mol. The third-order valence-electron chi connectivity index (χ3n) is 3.76. The zero-order valence-electron chi connectivity index (χ0n) is 16.3. The summed E-state index contributed by atoms with van der Waals surface area (Å²) >= 11 is 2.77. The Balaban J connectivity index is 3.63. The van der Waals surface area contributed by atoms with Crippen LogP contribution in [-0.4, -0.2) is 54.3 Å². The van der Waals surface area contributed by atoms with Gasteiger partial charge >= 0.3 is 48.4 Å². The van der Waals surface area contributed by atoms with E-state index in [0.717, 1.165) is 17.4 Å². The minimum Gasteiger partial charge on any atom is -0.321 e. The van der Waals surface area contributed by atoms with Crippen molar-refractivity contribution in [3.8, 4) is 0 Å². The van der Waals surface area contributed by atoms with Gasteiger partial charge in [-0.3, -0.25) is 9.53 Å². The molecule has 0 radical (unpaired) electrons. The van der Waals surface area contributed by atoms with Gasteiger partial charge in [0.25, 0.3) is 5.91 Å². The van der Waals surface area contributed by atoms with E-state index in [0.29, 0.717) is 12.1 Å². The fraction of sp³-hybridized carbons (Fsp3) is 0.533. The average molecular weight is 650 g/mol. The maximum atomic E-state index is 14.5. The second-order valence-electron chi connectivity index (χ2n) is 6.46. The first-order valence-corrected chi connectivity index (χ1v) is 9.04. The molecule has 0 unspecified atom stereocenters. The molecule has 4 nitrogen and oxygen atoms in total. The molecule has 0 aromatic heterocycles. The smallest absolute Gasteiger partial charge is 0.321 e. The third kappa shape index (κ3) is 6.15. The number of ether oxygens (including phenoxy) is 2. The lowest BCUT2D eigenvalue weighted by atomic mass is 10.2. The van der Waals surface area contributed by atoms with Gasteiger partial charge in [-0.1, -0.05) is 15.9 Å². The molecule has 1 N–H and O–H groups in total. The first kappa shape index (κ1) is 32.9. The molecule has 0 aliphatic rings. The van der Waals surface area contributed by atoms with Gasteiger partial charge in [0.1, 0.15) is 0 Å². The highest BCUT2D eigenvalue weighted by molar-refractivity contribution is 9.10. The maximum absolute atomic E-state index is 14.5. The summed E-state index contributed by atoms with van der Waals surface area (Å²) in [6.07, 6.45) is -38.5. The molecule has 214 valence electrons. The van der Waals surface area contributed by atoms with Crippen LogP contribution in [0.15, 0.2) is 28.7 Å². The van der Waals surface area contributed by atoms with Gasteiger partial charge in [0.2, 0.25) is 0 Å². The number of hydrogen-bond acceptors (Lipinski definition) is 3. The van der Waals surface area contributed by atoms with Gasteiger partial charge in [0.15, 0.2) is 0 Å². The molecule has 0 bridgehead atoms. The summed E-state index contributed by atoms with van der Waals surface area (Å²) in [5, 5.41) is 0.818. The van der Waals surface area contributed by atoms with E-state index in [2.05, 4.69) is 15.9 Å². The number of carbonyl (C=O) groups excluding carboxylic acids is 1. The Bertz CT molecular complexity index is 974. The van der Waals surface area contributed by atoms with Crippen LogP contribution < -0.4 is 5.32 Å². The van der Waals surface area contributed by atoms with Crippen LogP contribution in [0.25, 0.3) is 0 Å². The van der Waals surface area contributed by atoms with E-state index in [1.54, 1.807) is 0 Å². The lowest BCUT2D eigenvalue weighted by Gasteiger charge is -2.40. The van der Waals surface area contributed by atoms with E-state index >= 15 is 0 Å². The Morgan fingerprint density at radius 2 is 1.05 bits per heavy atom. The van der Waals surface area contributed by atoms with Crippen LogP contribution in [0, 0.1) is 0 Å². The van der Waals surface area contributed by atoms with Crippen molar-refractivity contribution in [2.24, 2.45) is 0 Å². The number of benzene rings is 1. The molecule has 0 aliphatic heterocycles. The van der Waals surface area contributed by atoms with E-state index in [1.807, 2.05) is 4.74 Å². The normalized spacial score (nSPS) is 17.7. The highest BCUT2D eigenvalue weighted by Crippen LogP contribution is 2.56. The van der Waals surface area contributed by atoms with Gasteiger partial charge in [-0.2, -0.15) is 74.6 Å². The molecule has 1 aromatic rings. The standard InChI is InChI=1S/C15H5BrF17NO3/c16-5-1-3-6(4-2-5)34-7(35)8(17,11(21,22)23)36-10(20,13(27,28)29)15(32,33)37-14(30,31)9(18,19)12(24,25)26/h1-4H,(H,34,35)/t8-,10-/m1/s1. The van der Waals surface area contributed by atoms with Gasteiger partial charge in [-0.05, 0) is 24.3 Å². The summed E-state index contributed by atoms with van der Waals surface area (Å²) in [7, 11) is 0. The van der Waals surface area contributed by atoms with Gasteiger partial charge in [-0.25, -0.2) is 4.74 Å². The van der Waals surface area contributed by atoms with Crippen molar-refractivity contribution in [2.45, 2.75) is 48.4 Å². The van der Waals surface area contributed by atoms with Crippen molar-refractivity contribution in [2.75, 3.05) is 5.32 Å². The van der Waals surface area contributed by atoms with E-state index in [1.165, 1.54) is 4.74 Å². The number of anilines is 1. The van der Waals surface area contributed by atoms with Gasteiger partial charge in [-0.15, -0.1) is 0 Å². The van der Waals surface area contributed by atoms with Crippen LogP contribution in [0.1, 0.15) is 0 Å². The lowest BCUT2D eigenvalue weighted by Crippen LogP contribution is -2.68. The highest BCUT2D eigenvalue weighted by atomic mass is 79.9. The Morgan fingerprint density at radius 1 is 0.622 bits per heavy atom. The molecule has 1 rings (SSSR count). The van der Waals surface area contributed by atoms with Crippen LogP contribution in [-0.2, 0) is 14.3 Å². The third-order valence-corrected chi connectivity index (χ3v) is 4.29. The lowest BCUT2D eigenvalue weighted by molar-refractivity contribution is -0.546. The highest BCUT2D eigenvalue weighted by Gasteiger charge is 2.85. The van der Waals surface area contributed by atoms with E-state index in [4.69, 9.17) is 0 Å². The number of amides is 1. The summed E-state index contributed by atoms with van der Waals surface area (Å²) < 4.78 is 226. The fourth-order valence-corrected chi connectivity index (χ4v) is 2.17. The molecule has 0 saturated carbocycles. The molecule has 22 heteroatoms. The molecule has 0 aliphatic carbocycles. The van der Waals surface area contributed by atoms with Crippen molar-refractivity contribution >= 4 is 27.5 Å². The van der Waals surface area contributed by atoms with Gasteiger partial charge < -0.3 is 5.32 Å². The molecule has 37 heavy (non-hydrogen) atoms. The molecular weight excluding hydrogens is 645 g/mol. The first-order valence-electron chi connectivity index (χ1n) is 8.24. The molecule has 0 spiro atoms. The van der Waals surface area contributed by atoms with Crippen molar-refractivity contribution in [1.29, 1.82) is 0 Å². The summed E-state index contributed by atoms with van der Waals surface area (Å²) in [6.45, 7) is 0. The summed E-state index contributed by atoms with van der Waals surface area (Å²) in [5.41, 5.74) is -0.945. The summed E-state index contributed by atoms with van der Waals surface area (Å²) in [6, 6.07) is 2.99. The quantitative estimate of drug-likeness (QED) is 0.302. The Hall–Kier alpha value is -2.10. The average Bonchev–Trinajstić information content (AvgIpc) is 2.65. The van der Waals surface area contributed by atoms with Crippen LogP contribution in [0.5, 0.6) is 0 Å². The van der Waals surface area contributed by atoms with Crippen molar-refractivity contribution in [3.63, 3.8) is 0 Å². The molecule has 0 heterocycles. The summed E-state index contributed by atoms with van der Waals surface area (Å²) in [4.78, 5) is 11.7. The molecule has 1 amide bonds. The van der Waals surface area contributed by atoms with Crippen molar-refractivity contribution in [3.05, 3.63) is 28.7 Å². The molecule has 0 saturated heterocycles. The predicted molar refractivity (Wildman–Crippen MR) is 85.6 cm³/mol. The van der Waals surface area contributed by atoms with Crippen molar-refractivity contribution < 1.29 is 88.9 Å². The van der Waals surface area contributed by atoms with E-state index in [-0.39, 0.29) is 4.47 Å². The van der Waals surface area contributed by atoms with Gasteiger partial charge in [0, 0.05) is 10.2 Å². The van der Waals surface area contributed by atoms with E-state index in [9.17, 15) is 79.4 Å². The maximum Gasteiger partial charge on any atom is 0.462 e. The van der Waals surface area contributed by atoms with Crippen LogP contribution >= 0.6 is 15.9 Å². The fourth-order valence-electron chi connectivity index (χ4n) is 1.91. The predicted octanol–water partition coefficient (Wildman–Crippen LogP) is 7.26. The number of rotatable bonds is 8. The van der Waals surface area contributed by atoms with Crippen LogP contribution in [0.4, 0.5) is 80.3 Å². The molecule has 0 fully saturated rings. The topological polar surface area (TPSA) is 47.6 Å². The van der Waals surface area contributed by atoms with Crippen LogP contribution in [0.3, 0.4) is 0 Å². The Kier molecular flexibility index (Phi) is 8.52. The number of halogens is 18. The zero-order valence-corrected chi connectivity index (χ0v) is 17.9. The van der Waals surface area contributed by atoms with Crippen molar-refractivity contribution in [1.82, 2.24) is 0 Å². The molecular formula is C15H5BrF17NO3. The largest absolute Gasteiger partial charge is 0.462 e. The number of alkyl halides is 17. The molecule has 2 atom stereocenters. The number of nitrogens with one attached hydrogen (secondary N) is 1. The number of hydrogen-bond donors (Lipinski definition) is 1. The minimum absolute atomic E-state index is 0.123. The molecule has 1 aromatic carbocycles. The first-order chi connectivity index (χ1) is 16.1. The van der Waals surface area contributed by atoms with Crippen LogP contribution in [0.2, 0.25) is 0 Å². The Morgan fingerprint density at radius 3 is 1.41 bits per heavy atom. The van der Waals surface area contributed by atoms with E-state index < -0.39 is 60.0 Å². The summed E-state index contributed by atoms with van der Waals surface area (Å²) in [5.74, 6) is -26.2. The number of carbonyl (C=O) groups is 1. The Labute approximate surface area is 199 Å².